The van der Waals surface area contributed by atoms with Crippen molar-refractivity contribution in [2.24, 2.45) is 5.92 Å². The van der Waals surface area contributed by atoms with Gasteiger partial charge in [-0.1, -0.05) is 24.3 Å². The molecule has 5 nitrogen and oxygen atoms in total. The number of aromatic amines is 1. The van der Waals surface area contributed by atoms with E-state index in [0.717, 1.165) is 43.6 Å². The summed E-state index contributed by atoms with van der Waals surface area (Å²) in [4.78, 5) is 16.5. The van der Waals surface area contributed by atoms with E-state index in [1.807, 2.05) is 31.2 Å². The molecule has 0 aliphatic heterocycles. The average Bonchev–Trinajstić information content (AvgIpc) is 2.84. The van der Waals surface area contributed by atoms with Crippen molar-refractivity contribution in [1.82, 2.24) is 20.5 Å². The molecule has 2 N–H and O–H groups in total. The molecular weight excluding hydrogens is 288 g/mol. The molecule has 0 unspecified atom stereocenters. The van der Waals surface area contributed by atoms with Crippen LogP contribution in [0.1, 0.15) is 41.9 Å². The van der Waals surface area contributed by atoms with Crippen LogP contribution in [0.2, 0.25) is 0 Å². The average molecular weight is 310 g/mol. The summed E-state index contributed by atoms with van der Waals surface area (Å²) in [5, 5.41) is 10.0. The molecule has 1 heterocycles. The fraction of sp³-hybridized carbons (Fsp3) is 0.389. The van der Waals surface area contributed by atoms with Gasteiger partial charge in [0, 0.05) is 17.7 Å². The van der Waals surface area contributed by atoms with E-state index >= 15 is 0 Å². The van der Waals surface area contributed by atoms with Gasteiger partial charge in [-0.3, -0.25) is 9.89 Å². The third-order valence-corrected chi connectivity index (χ3v) is 4.20. The predicted molar refractivity (Wildman–Crippen MR) is 90.0 cm³/mol. The van der Waals surface area contributed by atoms with Crippen molar-refractivity contribution in [3.05, 3.63) is 47.8 Å². The van der Waals surface area contributed by atoms with Crippen LogP contribution in [0.3, 0.4) is 0 Å². The first kappa shape index (κ1) is 15.5. The van der Waals surface area contributed by atoms with Crippen molar-refractivity contribution in [3.63, 3.8) is 0 Å². The second-order valence-electron chi connectivity index (χ2n) is 6.02. The number of hydrogen-bond acceptors (Lipinski definition) is 3. The molecule has 0 saturated carbocycles. The standard InChI is InChI=1S/C18H22N4O/c1-13-20-17(22-21-13)15-8-10-16(11-9-15)18(23)19-12-14-6-4-2-3-5-7-14/h2-3,8-11,14H,4-7,12H2,1H3,(H,19,23)(H,20,21,22). The first-order valence-electron chi connectivity index (χ1n) is 8.15. The third kappa shape index (κ3) is 4.06. The van der Waals surface area contributed by atoms with Crippen molar-refractivity contribution in [2.45, 2.75) is 32.6 Å². The van der Waals surface area contributed by atoms with Gasteiger partial charge in [-0.2, -0.15) is 5.10 Å². The van der Waals surface area contributed by atoms with Gasteiger partial charge in [0.2, 0.25) is 0 Å². The highest BCUT2D eigenvalue weighted by atomic mass is 16.1. The Morgan fingerprint density at radius 3 is 2.52 bits per heavy atom. The maximum atomic E-state index is 12.3. The number of carbonyl (C=O) groups is 1. The third-order valence-electron chi connectivity index (χ3n) is 4.20. The second-order valence-corrected chi connectivity index (χ2v) is 6.02. The van der Waals surface area contributed by atoms with Gasteiger partial charge in [0.15, 0.2) is 5.82 Å². The topological polar surface area (TPSA) is 70.7 Å². The van der Waals surface area contributed by atoms with Gasteiger partial charge in [0.25, 0.3) is 5.91 Å². The van der Waals surface area contributed by atoms with Crippen LogP contribution in [0.25, 0.3) is 11.4 Å². The Labute approximate surface area is 136 Å². The number of amides is 1. The van der Waals surface area contributed by atoms with Crippen molar-refractivity contribution in [2.75, 3.05) is 6.54 Å². The molecule has 1 aliphatic rings. The highest BCUT2D eigenvalue weighted by molar-refractivity contribution is 5.94. The van der Waals surface area contributed by atoms with Crippen LogP contribution in [0.5, 0.6) is 0 Å². The number of hydrogen-bond donors (Lipinski definition) is 2. The molecule has 1 aliphatic carbocycles. The Balaban J connectivity index is 1.57. The number of aromatic nitrogens is 3. The van der Waals surface area contributed by atoms with E-state index in [1.165, 1.54) is 0 Å². The summed E-state index contributed by atoms with van der Waals surface area (Å²) in [5.74, 6) is 1.99. The highest BCUT2D eigenvalue weighted by Gasteiger charge is 2.12. The van der Waals surface area contributed by atoms with E-state index < -0.39 is 0 Å². The van der Waals surface area contributed by atoms with E-state index in [4.69, 9.17) is 0 Å². The molecule has 0 fully saturated rings. The van der Waals surface area contributed by atoms with Gasteiger partial charge >= 0.3 is 0 Å². The molecule has 0 radical (unpaired) electrons. The van der Waals surface area contributed by atoms with E-state index in [-0.39, 0.29) is 5.91 Å². The minimum atomic E-state index is -0.0140. The molecule has 120 valence electrons. The van der Waals surface area contributed by atoms with Gasteiger partial charge in [0.1, 0.15) is 5.82 Å². The Hall–Kier alpha value is -2.43. The van der Waals surface area contributed by atoms with Crippen LogP contribution in [0, 0.1) is 12.8 Å². The van der Waals surface area contributed by atoms with Crippen molar-refractivity contribution in [1.29, 1.82) is 0 Å². The number of allylic oxidation sites excluding steroid dienone is 2. The summed E-state index contributed by atoms with van der Waals surface area (Å²) in [6.07, 6.45) is 9.02. The van der Waals surface area contributed by atoms with Crippen molar-refractivity contribution >= 4 is 5.91 Å². The van der Waals surface area contributed by atoms with E-state index in [0.29, 0.717) is 17.3 Å². The molecule has 3 rings (SSSR count). The van der Waals surface area contributed by atoms with Crippen LogP contribution in [0.15, 0.2) is 36.4 Å². The predicted octanol–water partition coefficient (Wildman–Crippen LogP) is 3.26. The zero-order chi connectivity index (χ0) is 16.1. The van der Waals surface area contributed by atoms with E-state index in [2.05, 4.69) is 32.7 Å². The van der Waals surface area contributed by atoms with E-state index in [9.17, 15) is 4.79 Å². The molecule has 0 saturated heterocycles. The SMILES string of the molecule is Cc1nc(-c2ccc(C(=O)NCC3CCC=CCC3)cc2)n[nH]1. The van der Waals surface area contributed by atoms with Gasteiger partial charge < -0.3 is 5.32 Å². The summed E-state index contributed by atoms with van der Waals surface area (Å²) in [5.41, 5.74) is 1.58. The number of H-pyrrole nitrogens is 1. The molecule has 5 heteroatoms. The van der Waals surface area contributed by atoms with Crippen molar-refractivity contribution < 1.29 is 4.79 Å². The number of nitrogens with zero attached hydrogens (tertiary/aromatic N) is 2. The normalized spacial score (nSPS) is 15.3. The second kappa shape index (κ2) is 7.22. The summed E-state index contributed by atoms with van der Waals surface area (Å²) >= 11 is 0. The molecule has 1 aromatic carbocycles. The first-order valence-corrected chi connectivity index (χ1v) is 8.15. The molecule has 0 atom stereocenters. The van der Waals surface area contributed by atoms with Gasteiger partial charge in [-0.15, -0.1) is 0 Å². The maximum absolute atomic E-state index is 12.3. The minimum absolute atomic E-state index is 0.0140. The Kier molecular flexibility index (Phi) is 4.86. The smallest absolute Gasteiger partial charge is 0.251 e. The lowest BCUT2D eigenvalue weighted by Crippen LogP contribution is -2.29. The number of rotatable bonds is 4. The van der Waals surface area contributed by atoms with Crippen LogP contribution in [-0.4, -0.2) is 27.6 Å². The quantitative estimate of drug-likeness (QED) is 0.852. The first-order chi connectivity index (χ1) is 11.2. The summed E-state index contributed by atoms with van der Waals surface area (Å²) in [7, 11) is 0. The van der Waals surface area contributed by atoms with Crippen LogP contribution >= 0.6 is 0 Å². The lowest BCUT2D eigenvalue weighted by atomic mass is 10.00. The van der Waals surface area contributed by atoms with Crippen LogP contribution in [0.4, 0.5) is 0 Å². The maximum Gasteiger partial charge on any atom is 0.251 e. The number of aryl methyl sites for hydroxylation is 1. The molecule has 0 spiro atoms. The summed E-state index contributed by atoms with van der Waals surface area (Å²) < 4.78 is 0. The largest absolute Gasteiger partial charge is 0.352 e. The van der Waals surface area contributed by atoms with Crippen molar-refractivity contribution in [3.8, 4) is 11.4 Å². The Morgan fingerprint density at radius 2 is 1.91 bits per heavy atom. The summed E-state index contributed by atoms with van der Waals surface area (Å²) in [6.45, 7) is 2.61. The Bertz CT molecular complexity index is 677. The van der Waals surface area contributed by atoms with Crippen LogP contribution in [-0.2, 0) is 0 Å². The minimum Gasteiger partial charge on any atom is -0.352 e. The number of nitrogens with one attached hydrogen (secondary N) is 2. The van der Waals surface area contributed by atoms with E-state index in [1.54, 1.807) is 0 Å². The number of carbonyl (C=O) groups excluding carboxylic acids is 1. The molecule has 0 bridgehead atoms. The number of benzene rings is 1. The fourth-order valence-electron chi connectivity index (χ4n) is 2.83. The molecule has 2 aromatic rings. The molecule has 1 aromatic heterocycles. The Morgan fingerprint density at radius 1 is 1.22 bits per heavy atom. The highest BCUT2D eigenvalue weighted by Crippen LogP contribution is 2.18. The monoisotopic (exact) mass is 310 g/mol. The molecular formula is C18H22N4O. The fourth-order valence-corrected chi connectivity index (χ4v) is 2.83. The van der Waals surface area contributed by atoms with Gasteiger partial charge in [0.05, 0.1) is 0 Å². The van der Waals surface area contributed by atoms with Gasteiger partial charge in [-0.25, -0.2) is 4.98 Å². The lowest BCUT2D eigenvalue weighted by Gasteiger charge is -2.14. The zero-order valence-corrected chi connectivity index (χ0v) is 13.4. The van der Waals surface area contributed by atoms with Gasteiger partial charge in [-0.05, 0) is 50.7 Å². The van der Waals surface area contributed by atoms with Crippen LogP contribution < -0.4 is 5.32 Å². The summed E-state index contributed by atoms with van der Waals surface area (Å²) in [6, 6.07) is 7.41. The zero-order valence-electron chi connectivity index (χ0n) is 13.4. The lowest BCUT2D eigenvalue weighted by molar-refractivity contribution is 0.0946. The molecule has 1 amide bonds. The molecule has 23 heavy (non-hydrogen) atoms.